The van der Waals surface area contributed by atoms with Crippen molar-refractivity contribution >= 4 is 17.6 Å². The first-order valence-electron chi connectivity index (χ1n) is 10.9. The molecule has 3 aromatic rings. The number of nitrogens with one attached hydrogen (secondary N) is 1. The number of fused-ring (bicyclic) bond motifs is 1. The SMILES string of the molecule is CCc1cccc(CC)c1NC(=O)COC(=O)c1nn(-c2ccccc2)c2c1CCC2. The number of anilines is 1. The van der Waals surface area contributed by atoms with Crippen molar-refractivity contribution in [1.82, 2.24) is 9.78 Å². The first-order chi connectivity index (χ1) is 15.1. The van der Waals surface area contributed by atoms with Gasteiger partial charge < -0.3 is 10.1 Å². The molecule has 0 bridgehead atoms. The van der Waals surface area contributed by atoms with Crippen LogP contribution in [0, 0.1) is 0 Å². The van der Waals surface area contributed by atoms with Crippen molar-refractivity contribution in [2.24, 2.45) is 0 Å². The van der Waals surface area contributed by atoms with Gasteiger partial charge in [-0.05, 0) is 55.4 Å². The molecule has 0 saturated heterocycles. The molecule has 0 saturated carbocycles. The van der Waals surface area contributed by atoms with Crippen LogP contribution in [0.3, 0.4) is 0 Å². The van der Waals surface area contributed by atoms with Crippen molar-refractivity contribution in [1.29, 1.82) is 0 Å². The van der Waals surface area contributed by atoms with Gasteiger partial charge in [-0.25, -0.2) is 9.48 Å². The van der Waals surface area contributed by atoms with Crippen LogP contribution in [0.15, 0.2) is 48.5 Å². The van der Waals surface area contributed by atoms with Crippen LogP contribution in [-0.4, -0.2) is 28.3 Å². The number of carbonyl (C=O) groups excluding carboxylic acids is 2. The van der Waals surface area contributed by atoms with E-state index in [0.717, 1.165) is 65.9 Å². The molecule has 2 aromatic carbocycles. The molecule has 0 aliphatic heterocycles. The highest BCUT2D eigenvalue weighted by atomic mass is 16.5. The van der Waals surface area contributed by atoms with Crippen molar-refractivity contribution in [3.8, 4) is 5.69 Å². The lowest BCUT2D eigenvalue weighted by Gasteiger charge is -2.14. The van der Waals surface area contributed by atoms with Crippen molar-refractivity contribution in [2.75, 3.05) is 11.9 Å². The van der Waals surface area contributed by atoms with E-state index in [9.17, 15) is 9.59 Å². The maximum Gasteiger partial charge on any atom is 0.359 e. The zero-order chi connectivity index (χ0) is 21.8. The van der Waals surface area contributed by atoms with Gasteiger partial charge in [0.05, 0.1) is 5.69 Å². The van der Waals surface area contributed by atoms with Crippen LogP contribution in [0.1, 0.15) is 53.1 Å². The number of nitrogens with zero attached hydrogens (tertiary/aromatic N) is 2. The Morgan fingerprint density at radius 3 is 2.39 bits per heavy atom. The Morgan fingerprint density at radius 1 is 1.00 bits per heavy atom. The van der Waals surface area contributed by atoms with E-state index >= 15 is 0 Å². The minimum Gasteiger partial charge on any atom is -0.451 e. The molecule has 1 aliphatic rings. The Bertz CT molecular complexity index is 1080. The summed E-state index contributed by atoms with van der Waals surface area (Å²) in [5, 5.41) is 7.46. The third kappa shape index (κ3) is 4.24. The number of amides is 1. The predicted molar refractivity (Wildman–Crippen MR) is 120 cm³/mol. The average Bonchev–Trinajstić information content (AvgIpc) is 3.41. The molecule has 0 unspecified atom stereocenters. The van der Waals surface area contributed by atoms with Gasteiger partial charge in [0.25, 0.3) is 5.91 Å². The number of para-hydroxylation sites is 2. The van der Waals surface area contributed by atoms with Gasteiger partial charge in [-0.1, -0.05) is 50.2 Å². The number of aromatic nitrogens is 2. The highest BCUT2D eigenvalue weighted by Gasteiger charge is 2.28. The van der Waals surface area contributed by atoms with Crippen LogP contribution in [0.2, 0.25) is 0 Å². The summed E-state index contributed by atoms with van der Waals surface area (Å²) in [6, 6.07) is 15.8. The molecule has 1 aliphatic carbocycles. The van der Waals surface area contributed by atoms with Gasteiger partial charge in [0.1, 0.15) is 0 Å². The molecular weight excluding hydrogens is 390 g/mol. The van der Waals surface area contributed by atoms with Crippen molar-refractivity contribution in [3.63, 3.8) is 0 Å². The molecule has 1 N–H and O–H groups in total. The van der Waals surface area contributed by atoms with E-state index in [1.54, 1.807) is 0 Å². The molecule has 1 aromatic heterocycles. The molecule has 0 fully saturated rings. The van der Waals surface area contributed by atoms with Crippen LogP contribution in [0.4, 0.5) is 5.69 Å². The van der Waals surface area contributed by atoms with Crippen molar-refractivity contribution in [2.45, 2.75) is 46.0 Å². The minimum atomic E-state index is -0.553. The third-order valence-corrected chi connectivity index (χ3v) is 5.72. The molecular formula is C25H27N3O3. The Kier molecular flexibility index (Phi) is 6.16. The normalized spacial score (nSPS) is 12.5. The van der Waals surface area contributed by atoms with E-state index in [4.69, 9.17) is 4.74 Å². The van der Waals surface area contributed by atoms with Gasteiger partial charge in [0, 0.05) is 16.9 Å². The van der Waals surface area contributed by atoms with E-state index in [2.05, 4.69) is 10.4 Å². The summed E-state index contributed by atoms with van der Waals surface area (Å²) in [6.07, 6.45) is 4.27. The second-order valence-electron chi connectivity index (χ2n) is 7.66. The lowest BCUT2D eigenvalue weighted by atomic mass is 10.0. The number of rotatable bonds is 7. The summed E-state index contributed by atoms with van der Waals surface area (Å²) in [5.74, 6) is -0.898. The molecule has 160 valence electrons. The van der Waals surface area contributed by atoms with E-state index in [-0.39, 0.29) is 12.5 Å². The molecule has 6 heteroatoms. The fourth-order valence-electron chi connectivity index (χ4n) is 4.16. The lowest BCUT2D eigenvalue weighted by Crippen LogP contribution is -2.23. The van der Waals surface area contributed by atoms with E-state index in [1.807, 2.05) is 67.1 Å². The fourth-order valence-corrected chi connectivity index (χ4v) is 4.16. The number of hydrogen-bond donors (Lipinski definition) is 1. The largest absolute Gasteiger partial charge is 0.451 e. The summed E-state index contributed by atoms with van der Waals surface area (Å²) in [7, 11) is 0. The molecule has 1 amide bonds. The first kappa shape index (κ1) is 20.8. The van der Waals surface area contributed by atoms with Crippen LogP contribution >= 0.6 is 0 Å². The summed E-state index contributed by atoms with van der Waals surface area (Å²) >= 11 is 0. The van der Waals surface area contributed by atoms with Gasteiger partial charge in [0.2, 0.25) is 0 Å². The quantitative estimate of drug-likeness (QED) is 0.583. The summed E-state index contributed by atoms with van der Waals surface area (Å²) < 4.78 is 7.18. The number of aryl methyl sites for hydroxylation is 2. The van der Waals surface area contributed by atoms with Gasteiger partial charge in [0.15, 0.2) is 12.3 Å². The second-order valence-corrected chi connectivity index (χ2v) is 7.66. The van der Waals surface area contributed by atoms with Crippen LogP contribution < -0.4 is 5.32 Å². The van der Waals surface area contributed by atoms with E-state index < -0.39 is 5.97 Å². The predicted octanol–water partition coefficient (Wildman–Crippen LogP) is 4.28. The number of carbonyl (C=O) groups is 2. The maximum atomic E-state index is 12.8. The molecule has 4 rings (SSSR count). The third-order valence-electron chi connectivity index (χ3n) is 5.72. The summed E-state index contributed by atoms with van der Waals surface area (Å²) in [6.45, 7) is 3.76. The summed E-state index contributed by atoms with van der Waals surface area (Å²) in [5.41, 5.74) is 6.17. The Morgan fingerprint density at radius 2 is 1.71 bits per heavy atom. The minimum absolute atomic E-state index is 0.312. The molecule has 0 atom stereocenters. The highest BCUT2D eigenvalue weighted by Crippen LogP contribution is 2.28. The van der Waals surface area contributed by atoms with Crippen LogP contribution in [0.25, 0.3) is 5.69 Å². The first-order valence-corrected chi connectivity index (χ1v) is 10.9. The number of benzene rings is 2. The van der Waals surface area contributed by atoms with Gasteiger partial charge in [-0.3, -0.25) is 4.79 Å². The van der Waals surface area contributed by atoms with Crippen molar-refractivity contribution in [3.05, 3.63) is 76.6 Å². The van der Waals surface area contributed by atoms with E-state index in [0.29, 0.717) is 5.69 Å². The molecule has 0 radical (unpaired) electrons. The number of esters is 1. The van der Waals surface area contributed by atoms with Gasteiger partial charge in [-0.2, -0.15) is 5.10 Å². The smallest absolute Gasteiger partial charge is 0.359 e. The molecule has 0 spiro atoms. The van der Waals surface area contributed by atoms with Crippen LogP contribution in [0.5, 0.6) is 0 Å². The monoisotopic (exact) mass is 417 g/mol. The van der Waals surface area contributed by atoms with Gasteiger partial charge in [-0.15, -0.1) is 0 Å². The highest BCUT2D eigenvalue weighted by molar-refractivity contribution is 5.96. The Balaban J connectivity index is 1.47. The summed E-state index contributed by atoms with van der Waals surface area (Å²) in [4.78, 5) is 25.3. The zero-order valence-corrected chi connectivity index (χ0v) is 18.0. The van der Waals surface area contributed by atoms with Crippen LogP contribution in [-0.2, 0) is 35.2 Å². The molecule has 1 heterocycles. The maximum absolute atomic E-state index is 12.8. The zero-order valence-electron chi connectivity index (χ0n) is 18.0. The fraction of sp³-hybridized carbons (Fsp3) is 0.320. The van der Waals surface area contributed by atoms with Crippen molar-refractivity contribution < 1.29 is 14.3 Å². The topological polar surface area (TPSA) is 73.2 Å². The Labute approximate surface area is 182 Å². The number of ether oxygens (including phenoxy) is 1. The standard InChI is InChI=1S/C25H27N3O3/c1-3-17-10-8-11-18(4-2)23(17)26-22(29)16-31-25(30)24-20-14-9-15-21(20)28(27-24)19-12-6-5-7-13-19/h5-8,10-13H,3-4,9,14-16H2,1-2H3,(H,26,29). The second kappa shape index (κ2) is 9.16. The average molecular weight is 418 g/mol. The Hall–Kier alpha value is -3.41. The lowest BCUT2D eigenvalue weighted by molar-refractivity contribution is -0.119. The van der Waals surface area contributed by atoms with Gasteiger partial charge >= 0.3 is 5.97 Å². The molecule has 6 nitrogen and oxygen atoms in total. The molecule has 31 heavy (non-hydrogen) atoms. The number of hydrogen-bond acceptors (Lipinski definition) is 4. The van der Waals surface area contributed by atoms with E-state index in [1.165, 1.54) is 0 Å².